The van der Waals surface area contributed by atoms with Gasteiger partial charge in [-0.05, 0) is 18.2 Å². The van der Waals surface area contributed by atoms with Gasteiger partial charge in [0, 0.05) is 5.56 Å². The van der Waals surface area contributed by atoms with Gasteiger partial charge in [-0.25, -0.2) is 8.78 Å². The Labute approximate surface area is 100 Å². The van der Waals surface area contributed by atoms with E-state index in [1.54, 1.807) is 6.07 Å². The first-order valence-corrected chi connectivity index (χ1v) is 4.89. The molecule has 0 amide bonds. The van der Waals surface area contributed by atoms with E-state index < -0.39 is 11.6 Å². The van der Waals surface area contributed by atoms with Crippen molar-refractivity contribution >= 4 is 11.6 Å². The lowest BCUT2D eigenvalue weighted by Crippen LogP contribution is -1.95. The van der Waals surface area contributed by atoms with E-state index in [0.717, 1.165) is 6.07 Å². The van der Waals surface area contributed by atoms with Crippen LogP contribution in [0.2, 0.25) is 5.15 Å². The first-order valence-electron chi connectivity index (χ1n) is 4.51. The first-order chi connectivity index (χ1) is 8.13. The largest absolute Gasteiger partial charge is 0.204 e. The maximum Gasteiger partial charge on any atom is 0.169 e. The molecule has 0 radical (unpaired) electrons. The summed E-state index contributed by atoms with van der Waals surface area (Å²) in [4.78, 5) is 0. The summed E-state index contributed by atoms with van der Waals surface area (Å²) in [5, 5.41) is 15.8. The van der Waals surface area contributed by atoms with Gasteiger partial charge in [0.2, 0.25) is 0 Å². The summed E-state index contributed by atoms with van der Waals surface area (Å²) < 4.78 is 26.5. The highest BCUT2D eigenvalue weighted by atomic mass is 35.5. The normalized spacial score (nSPS) is 10.0. The van der Waals surface area contributed by atoms with Gasteiger partial charge >= 0.3 is 0 Å². The molecule has 1 aromatic heterocycles. The molecule has 3 nitrogen and oxygen atoms in total. The minimum atomic E-state index is -1.03. The molecule has 0 saturated heterocycles. The van der Waals surface area contributed by atoms with E-state index in [-0.39, 0.29) is 22.0 Å². The Balaban J connectivity index is 2.62. The Bertz CT molecular complexity index is 623. The van der Waals surface area contributed by atoms with Crippen molar-refractivity contribution in [1.29, 1.82) is 5.26 Å². The van der Waals surface area contributed by atoms with Gasteiger partial charge in [0.25, 0.3) is 0 Å². The van der Waals surface area contributed by atoms with Crippen molar-refractivity contribution in [1.82, 2.24) is 10.2 Å². The van der Waals surface area contributed by atoms with E-state index in [2.05, 4.69) is 10.2 Å². The highest BCUT2D eigenvalue weighted by molar-refractivity contribution is 6.30. The van der Waals surface area contributed by atoms with Crippen LogP contribution < -0.4 is 0 Å². The third kappa shape index (κ3) is 2.08. The molecule has 0 bridgehead atoms. The van der Waals surface area contributed by atoms with Gasteiger partial charge in [-0.2, -0.15) is 5.26 Å². The van der Waals surface area contributed by atoms with Gasteiger partial charge in [-0.1, -0.05) is 17.7 Å². The van der Waals surface area contributed by atoms with Crippen LogP contribution in [0.25, 0.3) is 11.3 Å². The molecule has 1 heterocycles. The average molecular weight is 252 g/mol. The molecule has 0 spiro atoms. The van der Waals surface area contributed by atoms with Crippen LogP contribution in [0.15, 0.2) is 24.3 Å². The number of hydrogen-bond acceptors (Lipinski definition) is 3. The number of hydrogen-bond donors (Lipinski definition) is 0. The fourth-order valence-corrected chi connectivity index (χ4v) is 1.42. The van der Waals surface area contributed by atoms with Crippen LogP contribution >= 0.6 is 11.6 Å². The monoisotopic (exact) mass is 251 g/mol. The number of nitrogens with zero attached hydrogens (tertiary/aromatic N) is 3. The molecular weight excluding hydrogens is 248 g/mol. The van der Waals surface area contributed by atoms with Crippen molar-refractivity contribution in [3.8, 4) is 17.3 Å². The van der Waals surface area contributed by atoms with Crippen molar-refractivity contribution in [2.24, 2.45) is 0 Å². The number of benzene rings is 1. The molecule has 2 aromatic rings. The molecule has 0 aliphatic rings. The van der Waals surface area contributed by atoms with Crippen LogP contribution in [0, 0.1) is 23.0 Å². The van der Waals surface area contributed by atoms with Crippen LogP contribution in [-0.2, 0) is 0 Å². The fraction of sp³-hybridized carbons (Fsp3) is 0. The van der Waals surface area contributed by atoms with E-state index in [4.69, 9.17) is 16.9 Å². The minimum Gasteiger partial charge on any atom is -0.204 e. The molecule has 0 N–H and O–H groups in total. The van der Waals surface area contributed by atoms with Crippen molar-refractivity contribution in [2.45, 2.75) is 0 Å². The second kappa shape index (κ2) is 4.44. The lowest BCUT2D eigenvalue weighted by Gasteiger charge is -2.03. The molecule has 0 aliphatic heterocycles. The summed E-state index contributed by atoms with van der Waals surface area (Å²) in [5.41, 5.74) is 0.0499. The molecule has 6 heteroatoms. The number of aromatic nitrogens is 2. The van der Waals surface area contributed by atoms with Crippen molar-refractivity contribution < 1.29 is 8.78 Å². The second-order valence-corrected chi connectivity index (χ2v) is 3.51. The van der Waals surface area contributed by atoms with Crippen LogP contribution in [0.5, 0.6) is 0 Å². The van der Waals surface area contributed by atoms with Crippen LogP contribution in [0.1, 0.15) is 5.56 Å². The first kappa shape index (κ1) is 11.4. The quantitative estimate of drug-likeness (QED) is 0.783. The van der Waals surface area contributed by atoms with E-state index in [0.29, 0.717) is 0 Å². The predicted molar refractivity (Wildman–Crippen MR) is 57.1 cm³/mol. The summed E-state index contributed by atoms with van der Waals surface area (Å²) in [7, 11) is 0. The van der Waals surface area contributed by atoms with Gasteiger partial charge < -0.3 is 0 Å². The predicted octanol–water partition coefficient (Wildman–Crippen LogP) is 2.95. The topological polar surface area (TPSA) is 49.6 Å². The van der Waals surface area contributed by atoms with Crippen LogP contribution in [0.4, 0.5) is 8.78 Å². The minimum absolute atomic E-state index is 0.0559. The Hall–Kier alpha value is -2.06. The van der Waals surface area contributed by atoms with Crippen LogP contribution in [0.3, 0.4) is 0 Å². The zero-order valence-corrected chi connectivity index (χ0v) is 9.04. The molecular formula is C11H4ClF2N3. The van der Waals surface area contributed by atoms with Gasteiger partial charge in [-0.15, -0.1) is 10.2 Å². The van der Waals surface area contributed by atoms with Gasteiger partial charge in [0.1, 0.15) is 6.07 Å². The Kier molecular flexibility index (Phi) is 2.98. The second-order valence-electron chi connectivity index (χ2n) is 3.15. The third-order valence-corrected chi connectivity index (χ3v) is 2.38. The van der Waals surface area contributed by atoms with E-state index >= 15 is 0 Å². The summed E-state index contributed by atoms with van der Waals surface area (Å²) in [5.74, 6) is -2.02. The van der Waals surface area contributed by atoms with E-state index in [1.165, 1.54) is 18.2 Å². The van der Waals surface area contributed by atoms with Crippen molar-refractivity contribution in [2.75, 3.05) is 0 Å². The Morgan fingerprint density at radius 3 is 2.71 bits per heavy atom. The summed E-state index contributed by atoms with van der Waals surface area (Å²) in [6, 6.07) is 6.73. The molecule has 0 fully saturated rings. The lowest BCUT2D eigenvalue weighted by atomic mass is 10.1. The summed E-state index contributed by atoms with van der Waals surface area (Å²) in [6.45, 7) is 0. The SMILES string of the molecule is N#Cc1cc(-c2cccc(F)c2F)nnc1Cl. The fourth-order valence-electron chi connectivity index (χ4n) is 1.29. The summed E-state index contributed by atoms with van der Waals surface area (Å²) in [6.07, 6.45) is 0. The third-order valence-electron chi connectivity index (χ3n) is 2.10. The highest BCUT2D eigenvalue weighted by Gasteiger charge is 2.13. The Morgan fingerprint density at radius 1 is 1.24 bits per heavy atom. The van der Waals surface area contributed by atoms with Crippen molar-refractivity contribution in [3.05, 3.63) is 46.6 Å². The number of rotatable bonds is 1. The van der Waals surface area contributed by atoms with Gasteiger partial charge in [-0.3, -0.25) is 0 Å². The van der Waals surface area contributed by atoms with Crippen LogP contribution in [-0.4, -0.2) is 10.2 Å². The molecule has 0 aliphatic carbocycles. The van der Waals surface area contributed by atoms with Gasteiger partial charge in [0.05, 0.1) is 11.3 Å². The molecule has 2 rings (SSSR count). The van der Waals surface area contributed by atoms with Gasteiger partial charge in [0.15, 0.2) is 16.8 Å². The zero-order valence-electron chi connectivity index (χ0n) is 8.28. The number of nitriles is 1. The molecule has 0 saturated carbocycles. The smallest absolute Gasteiger partial charge is 0.169 e. The van der Waals surface area contributed by atoms with E-state index in [1.807, 2.05) is 0 Å². The zero-order chi connectivity index (χ0) is 12.4. The lowest BCUT2D eigenvalue weighted by molar-refractivity contribution is 0.511. The molecule has 0 atom stereocenters. The maximum atomic E-state index is 13.5. The molecule has 84 valence electrons. The molecule has 1 aromatic carbocycles. The molecule has 0 unspecified atom stereocenters. The summed E-state index contributed by atoms with van der Waals surface area (Å²) >= 11 is 5.59. The standard InChI is InChI=1S/C11H4ClF2N3/c12-11-6(5-15)4-9(16-17-11)7-2-1-3-8(13)10(7)14/h1-4H. The number of halogens is 3. The average Bonchev–Trinajstić information content (AvgIpc) is 2.34. The van der Waals surface area contributed by atoms with E-state index in [9.17, 15) is 8.78 Å². The maximum absolute atomic E-state index is 13.5. The highest BCUT2D eigenvalue weighted by Crippen LogP contribution is 2.24. The molecule has 17 heavy (non-hydrogen) atoms. The van der Waals surface area contributed by atoms with Crippen molar-refractivity contribution in [3.63, 3.8) is 0 Å². The Morgan fingerprint density at radius 2 is 2.00 bits per heavy atom.